The fourth-order valence-corrected chi connectivity index (χ4v) is 4.47. The molecule has 204 valence electrons. The van der Waals surface area contributed by atoms with Crippen molar-refractivity contribution in [1.29, 1.82) is 0 Å². The van der Waals surface area contributed by atoms with E-state index in [1.54, 1.807) is 24.1 Å². The molecule has 0 bridgehead atoms. The SMILES string of the molecule is CCC(C)N(CC(=O)N(Cc1cccn1Cc1ccccc1Cl)CC(C)C)C(=O)Nc1ccccc1OC. The highest BCUT2D eigenvalue weighted by Crippen LogP contribution is 2.24. The first-order chi connectivity index (χ1) is 18.2. The Labute approximate surface area is 231 Å². The van der Waals surface area contributed by atoms with Crippen molar-refractivity contribution < 1.29 is 14.3 Å². The molecule has 3 aromatic rings. The molecule has 0 saturated heterocycles. The van der Waals surface area contributed by atoms with Crippen LogP contribution in [0.3, 0.4) is 0 Å². The molecule has 0 radical (unpaired) electrons. The lowest BCUT2D eigenvalue weighted by molar-refractivity contribution is -0.133. The topological polar surface area (TPSA) is 66.8 Å². The van der Waals surface area contributed by atoms with Gasteiger partial charge in [-0.3, -0.25) is 4.79 Å². The number of methoxy groups -OCH3 is 1. The summed E-state index contributed by atoms with van der Waals surface area (Å²) in [6, 6.07) is 18.6. The van der Waals surface area contributed by atoms with Gasteiger partial charge in [-0.15, -0.1) is 0 Å². The molecular formula is C30H39ClN4O3. The van der Waals surface area contributed by atoms with E-state index in [1.807, 2.05) is 73.5 Å². The van der Waals surface area contributed by atoms with Gasteiger partial charge in [0.05, 0.1) is 19.3 Å². The zero-order chi connectivity index (χ0) is 27.7. The van der Waals surface area contributed by atoms with Gasteiger partial charge in [0.15, 0.2) is 0 Å². The summed E-state index contributed by atoms with van der Waals surface area (Å²) in [6.45, 7) is 9.76. The van der Waals surface area contributed by atoms with Gasteiger partial charge in [0, 0.05) is 36.0 Å². The smallest absolute Gasteiger partial charge is 0.322 e. The molecule has 3 rings (SSSR count). The molecular weight excluding hydrogens is 500 g/mol. The van der Waals surface area contributed by atoms with Gasteiger partial charge in [0.1, 0.15) is 12.3 Å². The van der Waals surface area contributed by atoms with Crippen LogP contribution in [0.2, 0.25) is 5.02 Å². The number of benzene rings is 2. The molecule has 1 unspecified atom stereocenters. The van der Waals surface area contributed by atoms with E-state index in [0.717, 1.165) is 17.7 Å². The van der Waals surface area contributed by atoms with E-state index in [2.05, 4.69) is 23.7 Å². The lowest BCUT2D eigenvalue weighted by atomic mass is 10.2. The van der Waals surface area contributed by atoms with Crippen LogP contribution in [-0.2, 0) is 17.9 Å². The number of aromatic nitrogens is 1. The van der Waals surface area contributed by atoms with Gasteiger partial charge < -0.3 is 24.4 Å². The normalized spacial score (nSPS) is 11.8. The second kappa shape index (κ2) is 13.9. The van der Waals surface area contributed by atoms with Crippen molar-refractivity contribution in [3.05, 3.63) is 83.1 Å². The summed E-state index contributed by atoms with van der Waals surface area (Å²) in [5.41, 5.74) is 2.59. The van der Waals surface area contributed by atoms with Crippen molar-refractivity contribution in [2.75, 3.05) is 25.5 Å². The summed E-state index contributed by atoms with van der Waals surface area (Å²) in [4.78, 5) is 30.5. The largest absolute Gasteiger partial charge is 0.495 e. The van der Waals surface area contributed by atoms with Crippen LogP contribution in [0.25, 0.3) is 0 Å². The number of carbonyl (C=O) groups is 2. The lowest BCUT2D eigenvalue weighted by Crippen LogP contribution is -2.48. The fourth-order valence-electron chi connectivity index (χ4n) is 4.28. The molecule has 0 aliphatic carbocycles. The number of halogens is 1. The molecule has 3 amide bonds. The third-order valence-corrected chi connectivity index (χ3v) is 6.92. The van der Waals surface area contributed by atoms with Gasteiger partial charge in [-0.2, -0.15) is 0 Å². The number of carbonyl (C=O) groups excluding carboxylic acids is 2. The zero-order valence-electron chi connectivity index (χ0n) is 23.0. The molecule has 38 heavy (non-hydrogen) atoms. The van der Waals surface area contributed by atoms with Crippen molar-refractivity contribution in [1.82, 2.24) is 14.4 Å². The van der Waals surface area contributed by atoms with Crippen LogP contribution in [0.4, 0.5) is 10.5 Å². The molecule has 1 atom stereocenters. The van der Waals surface area contributed by atoms with Crippen LogP contribution < -0.4 is 10.1 Å². The van der Waals surface area contributed by atoms with Crippen molar-refractivity contribution in [2.24, 2.45) is 5.92 Å². The number of hydrogen-bond donors (Lipinski definition) is 1. The first-order valence-corrected chi connectivity index (χ1v) is 13.5. The predicted molar refractivity (Wildman–Crippen MR) is 154 cm³/mol. The molecule has 1 aromatic heterocycles. The van der Waals surface area contributed by atoms with E-state index in [9.17, 15) is 9.59 Å². The Hall–Kier alpha value is -3.45. The van der Waals surface area contributed by atoms with E-state index in [0.29, 0.717) is 36.1 Å². The first-order valence-electron chi connectivity index (χ1n) is 13.1. The van der Waals surface area contributed by atoms with E-state index in [-0.39, 0.29) is 30.4 Å². The van der Waals surface area contributed by atoms with E-state index >= 15 is 0 Å². The summed E-state index contributed by atoms with van der Waals surface area (Å²) in [7, 11) is 1.56. The summed E-state index contributed by atoms with van der Waals surface area (Å²) < 4.78 is 7.49. The standard InChI is InChI=1S/C30H39ClN4O3/c1-6-23(4)35(30(37)32-27-15-9-10-16-28(27)38-5)21-29(36)34(18-22(2)3)20-25-13-11-17-33(25)19-24-12-7-8-14-26(24)31/h7-17,22-23H,6,18-21H2,1-5H3,(H,32,37). The van der Waals surface area contributed by atoms with Gasteiger partial charge >= 0.3 is 6.03 Å². The van der Waals surface area contributed by atoms with Crippen LogP contribution >= 0.6 is 11.6 Å². The minimum atomic E-state index is -0.330. The van der Waals surface area contributed by atoms with Gasteiger partial charge in [-0.1, -0.05) is 62.7 Å². The van der Waals surface area contributed by atoms with Gasteiger partial charge in [-0.25, -0.2) is 4.79 Å². The average Bonchev–Trinajstić information content (AvgIpc) is 3.34. The van der Waals surface area contributed by atoms with Crippen LogP contribution in [-0.4, -0.2) is 52.5 Å². The Morgan fingerprint density at radius 2 is 1.74 bits per heavy atom. The highest BCUT2D eigenvalue weighted by molar-refractivity contribution is 6.31. The van der Waals surface area contributed by atoms with Crippen LogP contribution in [0.1, 0.15) is 45.4 Å². The Balaban J connectivity index is 1.78. The van der Waals surface area contributed by atoms with Crippen LogP contribution in [0.15, 0.2) is 66.9 Å². The van der Waals surface area contributed by atoms with Crippen molar-refractivity contribution in [3.8, 4) is 5.75 Å². The van der Waals surface area contributed by atoms with Crippen molar-refractivity contribution >= 4 is 29.2 Å². The number of rotatable bonds is 12. The van der Waals surface area contributed by atoms with Gasteiger partial charge in [-0.05, 0) is 55.2 Å². The average molecular weight is 539 g/mol. The minimum absolute atomic E-state index is 0.0199. The molecule has 0 fully saturated rings. The maximum absolute atomic E-state index is 13.7. The zero-order valence-corrected chi connectivity index (χ0v) is 23.7. The third-order valence-electron chi connectivity index (χ3n) is 6.55. The summed E-state index contributed by atoms with van der Waals surface area (Å²) >= 11 is 6.40. The molecule has 2 aromatic carbocycles. The highest BCUT2D eigenvalue weighted by Gasteiger charge is 2.26. The van der Waals surface area contributed by atoms with Crippen LogP contribution in [0.5, 0.6) is 5.75 Å². The molecule has 0 aliphatic rings. The number of nitrogens with one attached hydrogen (secondary N) is 1. The van der Waals surface area contributed by atoms with E-state index in [1.165, 1.54) is 0 Å². The summed E-state index contributed by atoms with van der Waals surface area (Å²) in [6.07, 6.45) is 2.72. The third kappa shape index (κ3) is 7.78. The van der Waals surface area contributed by atoms with Crippen LogP contribution in [0, 0.1) is 5.92 Å². The van der Waals surface area contributed by atoms with Gasteiger partial charge in [0.2, 0.25) is 5.91 Å². The van der Waals surface area contributed by atoms with Gasteiger partial charge in [0.25, 0.3) is 0 Å². The first kappa shape index (κ1) is 29.1. The maximum atomic E-state index is 13.7. The molecule has 0 spiro atoms. The quantitative estimate of drug-likeness (QED) is 0.285. The Bertz CT molecular complexity index is 1210. The number of para-hydroxylation sites is 2. The number of anilines is 1. The Morgan fingerprint density at radius 1 is 1.03 bits per heavy atom. The maximum Gasteiger partial charge on any atom is 0.322 e. The number of ether oxygens (including phenoxy) is 1. The predicted octanol–water partition coefficient (Wildman–Crippen LogP) is 6.52. The number of hydrogen-bond acceptors (Lipinski definition) is 3. The molecule has 0 aliphatic heterocycles. The monoisotopic (exact) mass is 538 g/mol. The second-order valence-corrected chi connectivity index (χ2v) is 10.3. The number of nitrogens with zero attached hydrogens (tertiary/aromatic N) is 3. The lowest BCUT2D eigenvalue weighted by Gasteiger charge is -2.32. The molecule has 7 nitrogen and oxygen atoms in total. The number of urea groups is 1. The Kier molecular flexibility index (Phi) is 10.7. The number of amides is 3. The Morgan fingerprint density at radius 3 is 2.42 bits per heavy atom. The van der Waals surface area contributed by atoms with Crippen molar-refractivity contribution in [3.63, 3.8) is 0 Å². The molecule has 8 heteroatoms. The van der Waals surface area contributed by atoms with Crippen molar-refractivity contribution in [2.45, 2.75) is 53.2 Å². The second-order valence-electron chi connectivity index (χ2n) is 9.90. The summed E-state index contributed by atoms with van der Waals surface area (Å²) in [5, 5.41) is 3.64. The van der Waals surface area contributed by atoms with E-state index < -0.39 is 0 Å². The molecule has 0 saturated carbocycles. The fraction of sp³-hybridized carbons (Fsp3) is 0.400. The molecule has 1 N–H and O–H groups in total. The van der Waals surface area contributed by atoms with E-state index in [4.69, 9.17) is 16.3 Å². The highest BCUT2D eigenvalue weighted by atomic mass is 35.5. The minimum Gasteiger partial charge on any atom is -0.495 e. The summed E-state index contributed by atoms with van der Waals surface area (Å²) in [5.74, 6) is 0.738. The molecule has 1 heterocycles.